The van der Waals surface area contributed by atoms with Gasteiger partial charge in [0.2, 0.25) is 0 Å². The standard InChI is InChI=1S/C15H21N3O2/c1-13(19)10-17(14-6-3-2-4-7-14)11-15(20)12-18-9-5-8-16-18/h2-9,13,15,19-20H,10-12H2,1H3/t13-,15-/m0/s1. The minimum atomic E-state index is -0.547. The van der Waals surface area contributed by atoms with Gasteiger partial charge in [-0.25, -0.2) is 0 Å². The fourth-order valence-corrected chi connectivity index (χ4v) is 2.18. The van der Waals surface area contributed by atoms with E-state index in [1.165, 1.54) is 0 Å². The summed E-state index contributed by atoms with van der Waals surface area (Å²) < 4.78 is 1.70. The highest BCUT2D eigenvalue weighted by Gasteiger charge is 2.14. The molecule has 0 bridgehead atoms. The molecule has 108 valence electrons. The number of benzene rings is 1. The van der Waals surface area contributed by atoms with E-state index < -0.39 is 12.2 Å². The number of aliphatic hydroxyl groups is 2. The van der Waals surface area contributed by atoms with E-state index in [9.17, 15) is 10.2 Å². The molecular weight excluding hydrogens is 254 g/mol. The van der Waals surface area contributed by atoms with Crippen molar-refractivity contribution < 1.29 is 10.2 Å². The normalized spacial score (nSPS) is 13.9. The first-order valence-electron chi connectivity index (χ1n) is 6.78. The smallest absolute Gasteiger partial charge is 0.0910 e. The summed E-state index contributed by atoms with van der Waals surface area (Å²) in [4.78, 5) is 1.98. The maximum atomic E-state index is 10.2. The fourth-order valence-electron chi connectivity index (χ4n) is 2.18. The molecule has 5 nitrogen and oxygen atoms in total. The van der Waals surface area contributed by atoms with Crippen molar-refractivity contribution in [2.75, 3.05) is 18.0 Å². The summed E-state index contributed by atoms with van der Waals surface area (Å²) in [6.45, 7) is 3.13. The molecule has 0 saturated carbocycles. The summed E-state index contributed by atoms with van der Waals surface area (Å²) in [5.74, 6) is 0. The number of hydrogen-bond donors (Lipinski definition) is 2. The van der Waals surface area contributed by atoms with Crippen molar-refractivity contribution in [2.24, 2.45) is 0 Å². The van der Waals surface area contributed by atoms with Crippen molar-refractivity contribution in [3.63, 3.8) is 0 Å². The summed E-state index contributed by atoms with van der Waals surface area (Å²) >= 11 is 0. The zero-order valence-corrected chi connectivity index (χ0v) is 11.6. The van der Waals surface area contributed by atoms with Gasteiger partial charge in [0.05, 0.1) is 18.8 Å². The summed E-state index contributed by atoms with van der Waals surface area (Å²) in [5, 5.41) is 23.9. The largest absolute Gasteiger partial charge is 0.392 e. The fraction of sp³-hybridized carbons (Fsp3) is 0.400. The van der Waals surface area contributed by atoms with E-state index in [1.807, 2.05) is 47.5 Å². The molecule has 0 amide bonds. The Bertz CT molecular complexity index is 485. The number of aliphatic hydroxyl groups excluding tert-OH is 2. The van der Waals surface area contributed by atoms with Gasteiger partial charge in [0.15, 0.2) is 0 Å². The molecule has 1 heterocycles. The monoisotopic (exact) mass is 275 g/mol. The van der Waals surface area contributed by atoms with E-state index in [0.29, 0.717) is 19.6 Å². The Balaban J connectivity index is 2.00. The number of aromatic nitrogens is 2. The molecule has 0 aliphatic carbocycles. The Morgan fingerprint density at radius 3 is 2.50 bits per heavy atom. The van der Waals surface area contributed by atoms with E-state index in [0.717, 1.165) is 5.69 Å². The highest BCUT2D eigenvalue weighted by Crippen LogP contribution is 2.14. The van der Waals surface area contributed by atoms with Gasteiger partial charge in [0.1, 0.15) is 0 Å². The molecule has 1 aromatic carbocycles. The second-order valence-corrected chi connectivity index (χ2v) is 4.97. The van der Waals surface area contributed by atoms with E-state index in [4.69, 9.17) is 0 Å². The van der Waals surface area contributed by atoms with Gasteiger partial charge in [-0.3, -0.25) is 4.68 Å². The van der Waals surface area contributed by atoms with Gasteiger partial charge >= 0.3 is 0 Å². The first kappa shape index (κ1) is 14.6. The van der Waals surface area contributed by atoms with Crippen LogP contribution in [0.5, 0.6) is 0 Å². The van der Waals surface area contributed by atoms with Crippen molar-refractivity contribution in [1.82, 2.24) is 9.78 Å². The lowest BCUT2D eigenvalue weighted by Gasteiger charge is -2.28. The van der Waals surface area contributed by atoms with Crippen LogP contribution in [0.15, 0.2) is 48.8 Å². The third-order valence-electron chi connectivity index (χ3n) is 2.99. The quantitative estimate of drug-likeness (QED) is 0.795. The highest BCUT2D eigenvalue weighted by atomic mass is 16.3. The lowest BCUT2D eigenvalue weighted by Crippen LogP contribution is -2.38. The van der Waals surface area contributed by atoms with E-state index >= 15 is 0 Å². The molecule has 5 heteroatoms. The van der Waals surface area contributed by atoms with Crippen molar-refractivity contribution in [1.29, 1.82) is 0 Å². The highest BCUT2D eigenvalue weighted by molar-refractivity contribution is 5.46. The molecule has 0 radical (unpaired) electrons. The van der Waals surface area contributed by atoms with Crippen molar-refractivity contribution in [3.8, 4) is 0 Å². The molecule has 0 aliphatic heterocycles. The Morgan fingerprint density at radius 1 is 1.15 bits per heavy atom. The Kier molecular flexibility index (Phi) is 5.15. The first-order chi connectivity index (χ1) is 9.65. The van der Waals surface area contributed by atoms with E-state index in [1.54, 1.807) is 17.8 Å². The van der Waals surface area contributed by atoms with Crippen LogP contribution in [-0.4, -0.2) is 45.3 Å². The molecule has 1 aromatic heterocycles. The molecule has 2 rings (SSSR count). The van der Waals surface area contributed by atoms with Crippen LogP contribution in [0.4, 0.5) is 5.69 Å². The zero-order valence-electron chi connectivity index (χ0n) is 11.6. The van der Waals surface area contributed by atoms with E-state index in [2.05, 4.69) is 5.10 Å². The van der Waals surface area contributed by atoms with Crippen molar-refractivity contribution >= 4 is 5.69 Å². The maximum absolute atomic E-state index is 10.2. The minimum Gasteiger partial charge on any atom is -0.392 e. The number of anilines is 1. The van der Waals surface area contributed by atoms with Gasteiger partial charge in [-0.1, -0.05) is 18.2 Å². The number of para-hydroxylation sites is 1. The predicted molar refractivity (Wildman–Crippen MR) is 78.6 cm³/mol. The lowest BCUT2D eigenvalue weighted by molar-refractivity contribution is 0.146. The first-order valence-corrected chi connectivity index (χ1v) is 6.78. The SMILES string of the molecule is C[C@H](O)CN(C[C@H](O)Cn1cccn1)c1ccccc1. The summed E-state index contributed by atoms with van der Waals surface area (Å²) in [6, 6.07) is 11.6. The number of hydrogen-bond acceptors (Lipinski definition) is 4. The van der Waals surface area contributed by atoms with Crippen molar-refractivity contribution in [3.05, 3.63) is 48.8 Å². The lowest BCUT2D eigenvalue weighted by atomic mass is 10.2. The molecule has 2 N–H and O–H groups in total. The third-order valence-corrected chi connectivity index (χ3v) is 2.99. The van der Waals surface area contributed by atoms with Crippen LogP contribution in [0.1, 0.15) is 6.92 Å². The average Bonchev–Trinajstić information content (AvgIpc) is 2.91. The van der Waals surface area contributed by atoms with Gasteiger partial charge in [0, 0.05) is 31.2 Å². The summed E-state index contributed by atoms with van der Waals surface area (Å²) in [5.41, 5.74) is 0.993. The Hall–Kier alpha value is -1.85. The molecule has 2 aromatic rings. The zero-order chi connectivity index (χ0) is 14.4. The number of nitrogens with zero attached hydrogens (tertiary/aromatic N) is 3. The third kappa shape index (κ3) is 4.36. The second-order valence-electron chi connectivity index (χ2n) is 4.97. The van der Waals surface area contributed by atoms with Gasteiger partial charge in [-0.15, -0.1) is 0 Å². The van der Waals surface area contributed by atoms with Gasteiger partial charge < -0.3 is 15.1 Å². The molecule has 0 aliphatic rings. The van der Waals surface area contributed by atoms with E-state index in [-0.39, 0.29) is 0 Å². The molecule has 0 unspecified atom stereocenters. The van der Waals surface area contributed by atoms with Crippen molar-refractivity contribution in [2.45, 2.75) is 25.7 Å². The van der Waals surface area contributed by atoms with Crippen LogP contribution < -0.4 is 4.90 Å². The Labute approximate surface area is 119 Å². The van der Waals surface area contributed by atoms with Crippen LogP contribution >= 0.6 is 0 Å². The summed E-state index contributed by atoms with van der Waals surface area (Å²) in [7, 11) is 0. The van der Waals surface area contributed by atoms with Crippen LogP contribution in [0.3, 0.4) is 0 Å². The molecule has 2 atom stereocenters. The minimum absolute atomic E-state index is 0.441. The van der Waals surface area contributed by atoms with Gasteiger partial charge in [-0.05, 0) is 25.1 Å². The molecule has 0 saturated heterocycles. The van der Waals surface area contributed by atoms with Crippen LogP contribution in [0.2, 0.25) is 0 Å². The number of rotatable bonds is 7. The molecule has 20 heavy (non-hydrogen) atoms. The Morgan fingerprint density at radius 2 is 1.90 bits per heavy atom. The van der Waals surface area contributed by atoms with Crippen LogP contribution in [0, 0.1) is 0 Å². The average molecular weight is 275 g/mol. The predicted octanol–water partition coefficient (Wildman–Crippen LogP) is 1.13. The van der Waals surface area contributed by atoms with Gasteiger partial charge in [-0.2, -0.15) is 5.10 Å². The molecule has 0 fully saturated rings. The van der Waals surface area contributed by atoms with Crippen LogP contribution in [0.25, 0.3) is 0 Å². The molecular formula is C15H21N3O2. The van der Waals surface area contributed by atoms with Crippen LogP contribution in [-0.2, 0) is 6.54 Å². The maximum Gasteiger partial charge on any atom is 0.0910 e. The second kappa shape index (κ2) is 7.07. The molecule has 0 spiro atoms. The summed E-state index contributed by atoms with van der Waals surface area (Å²) in [6.07, 6.45) is 2.52. The van der Waals surface area contributed by atoms with Gasteiger partial charge in [0.25, 0.3) is 0 Å². The topological polar surface area (TPSA) is 61.5 Å².